The molecule has 2 amide bonds. The second-order valence-electron chi connectivity index (χ2n) is 8.13. The van der Waals surface area contributed by atoms with Gasteiger partial charge in [0.25, 0.3) is 0 Å². The smallest absolute Gasteiger partial charge is 0.314 e. The minimum absolute atomic E-state index is 0.0494. The first kappa shape index (κ1) is 19.4. The third kappa shape index (κ3) is 4.94. The number of aromatic nitrogens is 3. The van der Waals surface area contributed by atoms with Gasteiger partial charge < -0.3 is 10.6 Å². The SMILES string of the molecule is O=C(NCCc1ccccc1)NCC1(Cc2nnc3ccccn23)CCCCC1. The van der Waals surface area contributed by atoms with Crippen LogP contribution < -0.4 is 10.6 Å². The summed E-state index contributed by atoms with van der Waals surface area (Å²) in [5.41, 5.74) is 2.16. The van der Waals surface area contributed by atoms with Gasteiger partial charge in [-0.3, -0.25) is 4.40 Å². The minimum Gasteiger partial charge on any atom is -0.338 e. The predicted octanol–water partition coefficient (Wildman–Crippen LogP) is 3.76. The molecule has 3 aromatic rings. The van der Waals surface area contributed by atoms with Gasteiger partial charge in [-0.2, -0.15) is 0 Å². The molecular formula is C23H29N5O. The van der Waals surface area contributed by atoms with E-state index in [1.165, 1.54) is 24.8 Å². The second-order valence-corrected chi connectivity index (χ2v) is 8.13. The van der Waals surface area contributed by atoms with E-state index in [0.717, 1.165) is 37.2 Å². The van der Waals surface area contributed by atoms with E-state index in [1.807, 2.05) is 42.6 Å². The van der Waals surface area contributed by atoms with Crippen LogP contribution in [0.5, 0.6) is 0 Å². The number of carbonyl (C=O) groups excluding carboxylic acids is 1. The lowest BCUT2D eigenvalue weighted by atomic mass is 9.71. The molecule has 0 aliphatic heterocycles. The monoisotopic (exact) mass is 391 g/mol. The lowest BCUT2D eigenvalue weighted by molar-refractivity contribution is 0.174. The molecule has 0 radical (unpaired) electrons. The molecular weight excluding hydrogens is 362 g/mol. The standard InChI is InChI=1S/C23H29N5O/c29-22(24-15-12-19-9-3-1-4-10-19)25-18-23(13-6-2-7-14-23)17-21-27-26-20-11-5-8-16-28(20)21/h1,3-5,8-11,16H,2,6-7,12-15,17-18H2,(H2,24,25,29). The topological polar surface area (TPSA) is 71.3 Å². The summed E-state index contributed by atoms with van der Waals surface area (Å²) in [6.45, 7) is 1.31. The average molecular weight is 392 g/mol. The van der Waals surface area contributed by atoms with Gasteiger partial charge in [0.15, 0.2) is 5.65 Å². The van der Waals surface area contributed by atoms with Crippen LogP contribution in [0.25, 0.3) is 5.65 Å². The molecule has 1 aliphatic carbocycles. The first-order valence-electron chi connectivity index (χ1n) is 10.6. The van der Waals surface area contributed by atoms with Crippen molar-refractivity contribution in [3.8, 4) is 0 Å². The highest BCUT2D eigenvalue weighted by atomic mass is 16.2. The third-order valence-corrected chi connectivity index (χ3v) is 6.00. The number of fused-ring (bicyclic) bond motifs is 1. The zero-order valence-corrected chi connectivity index (χ0v) is 16.8. The quantitative estimate of drug-likeness (QED) is 0.644. The number of hydrogen-bond donors (Lipinski definition) is 2. The van der Waals surface area contributed by atoms with Crippen molar-refractivity contribution in [1.82, 2.24) is 25.2 Å². The van der Waals surface area contributed by atoms with Crippen molar-refractivity contribution >= 4 is 11.7 Å². The van der Waals surface area contributed by atoms with Crippen molar-refractivity contribution < 1.29 is 4.79 Å². The summed E-state index contributed by atoms with van der Waals surface area (Å²) >= 11 is 0. The first-order valence-corrected chi connectivity index (χ1v) is 10.6. The Bertz CT molecular complexity index is 931. The number of urea groups is 1. The number of carbonyl (C=O) groups is 1. The van der Waals surface area contributed by atoms with Gasteiger partial charge in [-0.05, 0) is 42.4 Å². The van der Waals surface area contributed by atoms with Crippen molar-refractivity contribution in [2.45, 2.75) is 44.9 Å². The van der Waals surface area contributed by atoms with Crippen LogP contribution in [0.1, 0.15) is 43.5 Å². The number of hydrogen-bond acceptors (Lipinski definition) is 3. The van der Waals surface area contributed by atoms with Gasteiger partial charge in [-0.15, -0.1) is 10.2 Å². The summed E-state index contributed by atoms with van der Waals surface area (Å²) in [5.74, 6) is 0.980. The Morgan fingerprint density at radius 1 is 0.966 bits per heavy atom. The Balaban J connectivity index is 1.35. The number of nitrogens with one attached hydrogen (secondary N) is 2. The van der Waals surface area contributed by atoms with Crippen LogP contribution in [0.4, 0.5) is 4.79 Å². The number of nitrogens with zero attached hydrogens (tertiary/aromatic N) is 3. The van der Waals surface area contributed by atoms with Gasteiger partial charge in [0.1, 0.15) is 5.82 Å². The van der Waals surface area contributed by atoms with E-state index in [9.17, 15) is 4.79 Å². The average Bonchev–Trinajstić information content (AvgIpc) is 3.16. The van der Waals surface area contributed by atoms with E-state index < -0.39 is 0 Å². The molecule has 1 saturated carbocycles. The summed E-state index contributed by atoms with van der Waals surface area (Å²) in [5, 5.41) is 14.8. The largest absolute Gasteiger partial charge is 0.338 e. The lowest BCUT2D eigenvalue weighted by Gasteiger charge is -2.37. The summed E-state index contributed by atoms with van der Waals surface area (Å²) < 4.78 is 2.07. The molecule has 29 heavy (non-hydrogen) atoms. The van der Waals surface area contributed by atoms with Gasteiger partial charge in [0, 0.05) is 25.7 Å². The maximum absolute atomic E-state index is 12.4. The molecule has 0 atom stereocenters. The first-order chi connectivity index (χ1) is 14.2. The number of benzene rings is 1. The maximum Gasteiger partial charge on any atom is 0.314 e. The van der Waals surface area contributed by atoms with Crippen LogP contribution in [0, 0.1) is 5.41 Å². The molecule has 1 aliphatic rings. The molecule has 0 saturated heterocycles. The van der Waals surface area contributed by atoms with E-state index in [4.69, 9.17) is 0 Å². The van der Waals surface area contributed by atoms with Gasteiger partial charge in [0.2, 0.25) is 0 Å². The highest BCUT2D eigenvalue weighted by Crippen LogP contribution is 2.38. The Morgan fingerprint density at radius 2 is 1.76 bits per heavy atom. The molecule has 0 bridgehead atoms. The van der Waals surface area contributed by atoms with E-state index >= 15 is 0 Å². The van der Waals surface area contributed by atoms with Gasteiger partial charge in [-0.1, -0.05) is 55.7 Å². The zero-order valence-electron chi connectivity index (χ0n) is 16.8. The molecule has 0 spiro atoms. The Kier molecular flexibility index (Phi) is 6.08. The van der Waals surface area contributed by atoms with Gasteiger partial charge in [0.05, 0.1) is 0 Å². The maximum atomic E-state index is 12.4. The van der Waals surface area contributed by atoms with E-state index in [2.05, 4.69) is 37.4 Å². The molecule has 6 nitrogen and oxygen atoms in total. The molecule has 2 N–H and O–H groups in total. The van der Waals surface area contributed by atoms with Crippen molar-refractivity contribution in [3.63, 3.8) is 0 Å². The molecule has 1 aromatic carbocycles. The van der Waals surface area contributed by atoms with Crippen LogP contribution in [0.15, 0.2) is 54.7 Å². The van der Waals surface area contributed by atoms with Crippen LogP contribution in [-0.2, 0) is 12.8 Å². The van der Waals surface area contributed by atoms with E-state index in [0.29, 0.717) is 13.1 Å². The predicted molar refractivity (Wildman–Crippen MR) is 114 cm³/mol. The molecule has 0 unspecified atom stereocenters. The van der Waals surface area contributed by atoms with Crippen molar-refractivity contribution in [1.29, 1.82) is 0 Å². The summed E-state index contributed by atoms with van der Waals surface area (Å²) in [7, 11) is 0. The highest BCUT2D eigenvalue weighted by molar-refractivity contribution is 5.73. The summed E-state index contributed by atoms with van der Waals surface area (Å²) in [4.78, 5) is 12.4. The molecule has 4 rings (SSSR count). The zero-order chi connectivity index (χ0) is 19.9. The number of rotatable bonds is 7. The Labute approximate surface area is 171 Å². The lowest BCUT2D eigenvalue weighted by Crippen LogP contribution is -2.45. The molecule has 6 heteroatoms. The minimum atomic E-state index is -0.0861. The number of amides is 2. The second kappa shape index (κ2) is 9.07. The van der Waals surface area contributed by atoms with E-state index in [-0.39, 0.29) is 11.4 Å². The Hall–Kier alpha value is -2.89. The normalized spacial score (nSPS) is 15.9. The van der Waals surface area contributed by atoms with Crippen LogP contribution in [0.3, 0.4) is 0 Å². The molecule has 152 valence electrons. The molecule has 2 aromatic heterocycles. The van der Waals surface area contributed by atoms with Crippen LogP contribution >= 0.6 is 0 Å². The fraction of sp³-hybridized carbons (Fsp3) is 0.435. The summed E-state index contributed by atoms with van der Waals surface area (Å²) in [6.07, 6.45) is 9.59. The highest BCUT2D eigenvalue weighted by Gasteiger charge is 2.34. The van der Waals surface area contributed by atoms with E-state index in [1.54, 1.807) is 0 Å². The molecule has 1 fully saturated rings. The van der Waals surface area contributed by atoms with Crippen molar-refractivity contribution in [2.75, 3.05) is 13.1 Å². The third-order valence-electron chi connectivity index (χ3n) is 6.00. The van der Waals surface area contributed by atoms with Crippen molar-refractivity contribution in [2.24, 2.45) is 5.41 Å². The van der Waals surface area contributed by atoms with Crippen molar-refractivity contribution in [3.05, 3.63) is 66.1 Å². The fourth-order valence-electron chi connectivity index (χ4n) is 4.36. The van der Waals surface area contributed by atoms with Gasteiger partial charge >= 0.3 is 6.03 Å². The summed E-state index contributed by atoms with van der Waals surface area (Å²) in [6, 6.07) is 16.1. The van der Waals surface area contributed by atoms with Gasteiger partial charge in [-0.25, -0.2) is 4.79 Å². The fourth-order valence-corrected chi connectivity index (χ4v) is 4.36. The van der Waals surface area contributed by atoms with Crippen LogP contribution in [-0.4, -0.2) is 33.7 Å². The molecule has 2 heterocycles. The number of pyridine rings is 1. The Morgan fingerprint density at radius 3 is 2.59 bits per heavy atom. The van der Waals surface area contributed by atoms with Crippen LogP contribution in [0.2, 0.25) is 0 Å².